The fourth-order valence-electron chi connectivity index (χ4n) is 1.12. The molecule has 0 bridgehead atoms. The Morgan fingerprint density at radius 1 is 1.18 bits per heavy atom. The highest BCUT2D eigenvalue weighted by Gasteiger charge is 2.26. The quantitative estimate of drug-likeness (QED) is 0.617. The molecule has 0 N–H and O–H groups in total. The SMILES string of the molecule is C[Si](C)(C)Oc1c(Cl)cc(Cl)cc1S(=O)(=O)Cl. The first kappa shape index (κ1) is 15.1. The van der Waals surface area contributed by atoms with Crippen LogP contribution in [0.1, 0.15) is 0 Å². The van der Waals surface area contributed by atoms with E-state index in [0.717, 1.165) is 0 Å². The summed E-state index contributed by atoms with van der Waals surface area (Å²) in [7, 11) is -0.631. The van der Waals surface area contributed by atoms with E-state index in [4.69, 9.17) is 38.3 Å². The monoisotopic (exact) mass is 332 g/mol. The number of halogens is 3. The molecule has 0 unspecified atom stereocenters. The molecule has 0 aliphatic carbocycles. The third kappa shape index (κ3) is 4.33. The van der Waals surface area contributed by atoms with Crippen LogP contribution in [0.2, 0.25) is 29.7 Å². The van der Waals surface area contributed by atoms with Gasteiger partial charge in [0.2, 0.25) is 8.32 Å². The van der Waals surface area contributed by atoms with Gasteiger partial charge in [0.05, 0.1) is 5.02 Å². The molecule has 0 aliphatic heterocycles. The summed E-state index contributed by atoms with van der Waals surface area (Å²) < 4.78 is 28.5. The molecule has 0 heterocycles. The molecular weight excluding hydrogens is 323 g/mol. The maximum atomic E-state index is 11.4. The van der Waals surface area contributed by atoms with E-state index >= 15 is 0 Å². The maximum absolute atomic E-state index is 11.4. The Balaban J connectivity index is 3.47. The summed E-state index contributed by atoms with van der Waals surface area (Å²) in [5.41, 5.74) is 0. The van der Waals surface area contributed by atoms with Crippen molar-refractivity contribution in [1.29, 1.82) is 0 Å². The standard InChI is InChI=1S/C9H11Cl3O3SSi/c1-17(2,3)15-9-7(11)4-6(10)5-8(9)16(12,13)14/h4-5H,1-3H3. The summed E-state index contributed by atoms with van der Waals surface area (Å²) in [5.74, 6) is 0.0743. The van der Waals surface area contributed by atoms with Crippen molar-refractivity contribution in [2.75, 3.05) is 0 Å². The highest BCUT2D eigenvalue weighted by Crippen LogP contribution is 2.38. The van der Waals surface area contributed by atoms with E-state index in [0.29, 0.717) is 0 Å². The van der Waals surface area contributed by atoms with E-state index in [-0.39, 0.29) is 20.7 Å². The van der Waals surface area contributed by atoms with Gasteiger partial charge in [-0.25, -0.2) is 8.42 Å². The summed E-state index contributed by atoms with van der Waals surface area (Å²) in [4.78, 5) is -0.195. The van der Waals surface area contributed by atoms with E-state index in [1.54, 1.807) is 0 Å². The van der Waals surface area contributed by atoms with Gasteiger partial charge in [-0.05, 0) is 31.8 Å². The van der Waals surface area contributed by atoms with E-state index in [1.807, 2.05) is 19.6 Å². The van der Waals surface area contributed by atoms with Crippen LogP contribution in [0.15, 0.2) is 17.0 Å². The molecule has 1 rings (SSSR count). The second kappa shape index (κ2) is 4.97. The van der Waals surface area contributed by atoms with Crippen LogP contribution in [-0.2, 0) is 9.05 Å². The first-order chi connectivity index (χ1) is 7.50. The Kier molecular flexibility index (Phi) is 4.42. The zero-order valence-corrected chi connectivity index (χ0v) is 13.5. The minimum atomic E-state index is -3.95. The van der Waals surface area contributed by atoms with Gasteiger partial charge in [-0.3, -0.25) is 0 Å². The second-order valence-corrected chi connectivity index (χ2v) is 12.2. The zero-order chi connectivity index (χ0) is 13.4. The van der Waals surface area contributed by atoms with Crippen LogP contribution in [0.4, 0.5) is 0 Å². The van der Waals surface area contributed by atoms with Gasteiger partial charge in [0, 0.05) is 15.7 Å². The van der Waals surface area contributed by atoms with Crippen molar-refractivity contribution in [3.05, 3.63) is 22.2 Å². The van der Waals surface area contributed by atoms with Crippen molar-refractivity contribution in [3.63, 3.8) is 0 Å². The largest absolute Gasteiger partial charge is 0.542 e. The van der Waals surface area contributed by atoms with Crippen molar-refractivity contribution >= 4 is 51.3 Å². The van der Waals surface area contributed by atoms with Crippen molar-refractivity contribution in [3.8, 4) is 5.75 Å². The van der Waals surface area contributed by atoms with Crippen molar-refractivity contribution < 1.29 is 12.8 Å². The number of hydrogen-bond acceptors (Lipinski definition) is 3. The van der Waals surface area contributed by atoms with Gasteiger partial charge in [0.15, 0.2) is 0 Å². The normalized spacial score (nSPS) is 12.6. The molecule has 0 atom stereocenters. The Morgan fingerprint density at radius 3 is 2.12 bits per heavy atom. The zero-order valence-electron chi connectivity index (χ0n) is 9.42. The molecule has 0 amide bonds. The van der Waals surface area contributed by atoms with Gasteiger partial charge < -0.3 is 4.43 Å². The third-order valence-corrected chi connectivity index (χ3v) is 4.29. The Bertz CT molecular complexity index is 537. The molecule has 0 saturated carbocycles. The summed E-state index contributed by atoms with van der Waals surface area (Å²) in [6.07, 6.45) is 0. The van der Waals surface area contributed by atoms with Crippen LogP contribution >= 0.6 is 33.9 Å². The van der Waals surface area contributed by atoms with Gasteiger partial charge in [-0.1, -0.05) is 23.2 Å². The van der Waals surface area contributed by atoms with Crippen molar-refractivity contribution in [1.82, 2.24) is 0 Å². The first-order valence-corrected chi connectivity index (χ1v) is 11.1. The molecular formula is C9H11Cl3O3SSi. The molecule has 0 spiro atoms. The van der Waals surface area contributed by atoms with Gasteiger partial charge in [0.25, 0.3) is 9.05 Å². The maximum Gasteiger partial charge on any atom is 0.265 e. The lowest BCUT2D eigenvalue weighted by atomic mass is 10.3. The molecule has 17 heavy (non-hydrogen) atoms. The van der Waals surface area contributed by atoms with E-state index in [1.165, 1.54) is 12.1 Å². The molecule has 1 aromatic rings. The van der Waals surface area contributed by atoms with Gasteiger partial charge >= 0.3 is 0 Å². The first-order valence-electron chi connectivity index (χ1n) is 4.63. The highest BCUT2D eigenvalue weighted by atomic mass is 35.7. The lowest BCUT2D eigenvalue weighted by molar-refractivity contribution is 0.538. The topological polar surface area (TPSA) is 43.4 Å². The van der Waals surface area contributed by atoms with Crippen LogP contribution in [-0.4, -0.2) is 16.7 Å². The smallest absolute Gasteiger partial charge is 0.265 e. The average Bonchev–Trinajstić information content (AvgIpc) is 2.05. The summed E-state index contributed by atoms with van der Waals surface area (Å²) in [6, 6.07) is 2.65. The fraction of sp³-hybridized carbons (Fsp3) is 0.333. The second-order valence-electron chi connectivity index (χ2n) is 4.37. The van der Waals surface area contributed by atoms with Crippen LogP contribution in [0.25, 0.3) is 0 Å². The minimum Gasteiger partial charge on any atom is -0.542 e. The lowest BCUT2D eigenvalue weighted by Crippen LogP contribution is -2.30. The third-order valence-electron chi connectivity index (χ3n) is 1.65. The fourth-order valence-corrected chi connectivity index (χ4v) is 3.73. The Labute approximate surface area is 116 Å². The average molecular weight is 334 g/mol. The lowest BCUT2D eigenvalue weighted by Gasteiger charge is -2.21. The van der Waals surface area contributed by atoms with Crippen LogP contribution in [0, 0.1) is 0 Å². The Morgan fingerprint density at radius 2 is 1.71 bits per heavy atom. The number of benzene rings is 1. The van der Waals surface area contributed by atoms with E-state index in [2.05, 4.69) is 0 Å². The van der Waals surface area contributed by atoms with Gasteiger partial charge in [-0.2, -0.15) is 0 Å². The Hall–Kier alpha value is 0.0569. The molecule has 96 valence electrons. The molecule has 0 saturated heterocycles. The summed E-state index contributed by atoms with van der Waals surface area (Å²) in [6.45, 7) is 5.72. The van der Waals surface area contributed by atoms with E-state index < -0.39 is 17.4 Å². The number of hydrogen-bond donors (Lipinski definition) is 0. The van der Waals surface area contributed by atoms with Crippen LogP contribution in [0.3, 0.4) is 0 Å². The van der Waals surface area contributed by atoms with Crippen LogP contribution < -0.4 is 4.43 Å². The van der Waals surface area contributed by atoms with Crippen molar-refractivity contribution in [2.24, 2.45) is 0 Å². The molecule has 0 aromatic heterocycles. The predicted molar refractivity (Wildman–Crippen MR) is 73.5 cm³/mol. The molecule has 0 aliphatic rings. The highest BCUT2D eigenvalue weighted by molar-refractivity contribution is 8.13. The minimum absolute atomic E-state index is 0.0743. The van der Waals surface area contributed by atoms with Crippen molar-refractivity contribution in [2.45, 2.75) is 24.5 Å². The molecule has 0 fully saturated rings. The molecule has 1 aromatic carbocycles. The molecule has 0 radical (unpaired) electrons. The van der Waals surface area contributed by atoms with Gasteiger partial charge in [-0.15, -0.1) is 0 Å². The summed E-state index contributed by atoms with van der Waals surface area (Å²) >= 11 is 11.7. The van der Waals surface area contributed by atoms with E-state index in [9.17, 15) is 8.42 Å². The van der Waals surface area contributed by atoms with Crippen LogP contribution in [0.5, 0.6) is 5.75 Å². The summed E-state index contributed by atoms with van der Waals surface area (Å²) in [5, 5.41) is 0.330. The van der Waals surface area contributed by atoms with Gasteiger partial charge in [0.1, 0.15) is 10.6 Å². The molecule has 8 heteroatoms. The number of rotatable bonds is 3. The predicted octanol–water partition coefficient (Wildman–Crippen LogP) is 4.13. The molecule has 3 nitrogen and oxygen atoms in total.